The quantitative estimate of drug-likeness (QED) is 0.747. The number of ether oxygens (including phenoxy) is 1. The van der Waals surface area contributed by atoms with Crippen molar-refractivity contribution < 1.29 is 9.53 Å². The molecule has 3 aromatic heterocycles. The SMILES string of the molecule is Cc1c(C(=O)N2CCCC(OCc3ccccn3)C2)sc2nc[nH]c(=O)c12. The summed E-state index contributed by atoms with van der Waals surface area (Å²) in [4.78, 5) is 39.1. The molecule has 1 unspecified atom stereocenters. The summed E-state index contributed by atoms with van der Waals surface area (Å²) in [5.74, 6) is -0.0546. The number of hydrogen-bond acceptors (Lipinski definition) is 6. The highest BCUT2D eigenvalue weighted by Crippen LogP contribution is 2.28. The molecule has 1 N–H and O–H groups in total. The van der Waals surface area contributed by atoms with Crippen molar-refractivity contribution in [2.24, 2.45) is 0 Å². The molecule has 1 aliphatic heterocycles. The summed E-state index contributed by atoms with van der Waals surface area (Å²) >= 11 is 1.28. The Morgan fingerprint density at radius 2 is 2.30 bits per heavy atom. The van der Waals surface area contributed by atoms with Gasteiger partial charge in [-0.15, -0.1) is 11.3 Å². The molecule has 1 saturated heterocycles. The van der Waals surface area contributed by atoms with Crippen LogP contribution in [0.4, 0.5) is 0 Å². The number of amides is 1. The van der Waals surface area contributed by atoms with E-state index in [0.29, 0.717) is 40.4 Å². The van der Waals surface area contributed by atoms with E-state index in [1.807, 2.05) is 30.0 Å². The molecule has 27 heavy (non-hydrogen) atoms. The number of aryl methyl sites for hydroxylation is 1. The molecule has 4 rings (SSSR count). The first-order valence-corrected chi connectivity index (χ1v) is 9.72. The van der Waals surface area contributed by atoms with Crippen LogP contribution in [0.5, 0.6) is 0 Å². The Hall–Kier alpha value is -2.58. The molecule has 8 heteroatoms. The first kappa shape index (κ1) is 17.8. The van der Waals surface area contributed by atoms with Gasteiger partial charge >= 0.3 is 0 Å². The van der Waals surface area contributed by atoms with Gasteiger partial charge in [0.05, 0.1) is 35.0 Å². The fourth-order valence-electron chi connectivity index (χ4n) is 3.37. The lowest BCUT2D eigenvalue weighted by Gasteiger charge is -2.32. The second-order valence-electron chi connectivity index (χ2n) is 6.62. The van der Waals surface area contributed by atoms with E-state index in [1.54, 1.807) is 6.20 Å². The summed E-state index contributed by atoms with van der Waals surface area (Å²) in [6.07, 6.45) is 4.91. The fraction of sp³-hybridized carbons (Fsp3) is 0.368. The Morgan fingerprint density at radius 1 is 1.41 bits per heavy atom. The predicted molar refractivity (Wildman–Crippen MR) is 103 cm³/mol. The van der Waals surface area contributed by atoms with Gasteiger partial charge in [0, 0.05) is 19.3 Å². The first-order valence-electron chi connectivity index (χ1n) is 8.91. The number of carbonyl (C=O) groups is 1. The van der Waals surface area contributed by atoms with Crippen molar-refractivity contribution in [2.75, 3.05) is 13.1 Å². The maximum absolute atomic E-state index is 13.0. The van der Waals surface area contributed by atoms with Gasteiger partial charge in [0.25, 0.3) is 11.5 Å². The molecule has 3 aromatic rings. The molecule has 1 amide bonds. The van der Waals surface area contributed by atoms with Crippen molar-refractivity contribution >= 4 is 27.5 Å². The molecule has 1 fully saturated rings. The highest BCUT2D eigenvalue weighted by atomic mass is 32.1. The fourth-order valence-corrected chi connectivity index (χ4v) is 4.49. The number of fused-ring (bicyclic) bond motifs is 1. The molecule has 7 nitrogen and oxygen atoms in total. The van der Waals surface area contributed by atoms with Crippen LogP contribution in [0.3, 0.4) is 0 Å². The number of carbonyl (C=O) groups excluding carboxylic acids is 1. The van der Waals surface area contributed by atoms with E-state index in [0.717, 1.165) is 18.5 Å². The zero-order valence-corrected chi connectivity index (χ0v) is 15.8. The number of likely N-dealkylation sites (tertiary alicyclic amines) is 1. The number of aromatic nitrogens is 3. The molecule has 4 heterocycles. The second kappa shape index (κ2) is 7.58. The van der Waals surface area contributed by atoms with E-state index in [9.17, 15) is 9.59 Å². The van der Waals surface area contributed by atoms with Crippen LogP contribution in [0.1, 0.15) is 33.8 Å². The largest absolute Gasteiger partial charge is 0.370 e. The third-order valence-electron chi connectivity index (χ3n) is 4.79. The van der Waals surface area contributed by atoms with Gasteiger partial charge in [0.15, 0.2) is 0 Å². The summed E-state index contributed by atoms with van der Waals surface area (Å²) in [5.41, 5.74) is 1.38. The standard InChI is InChI=1S/C19H20N4O3S/c1-12-15-17(24)21-11-22-18(15)27-16(12)19(25)23-8-4-6-14(9-23)26-10-13-5-2-3-7-20-13/h2-3,5,7,11,14H,4,6,8-10H2,1H3,(H,21,22,24). The maximum atomic E-state index is 13.0. The van der Waals surface area contributed by atoms with E-state index in [-0.39, 0.29) is 17.6 Å². The second-order valence-corrected chi connectivity index (χ2v) is 7.61. The van der Waals surface area contributed by atoms with Gasteiger partial charge in [-0.3, -0.25) is 14.6 Å². The van der Waals surface area contributed by atoms with E-state index < -0.39 is 0 Å². The number of nitrogens with zero attached hydrogens (tertiary/aromatic N) is 3. The predicted octanol–water partition coefficient (Wildman–Crippen LogP) is 2.51. The molecule has 0 aromatic carbocycles. The highest BCUT2D eigenvalue weighted by Gasteiger charge is 2.28. The van der Waals surface area contributed by atoms with Gasteiger partial charge in [-0.25, -0.2) is 4.98 Å². The number of rotatable bonds is 4. The number of piperidine rings is 1. The van der Waals surface area contributed by atoms with Gasteiger partial charge in [-0.1, -0.05) is 6.07 Å². The van der Waals surface area contributed by atoms with Crippen molar-refractivity contribution in [2.45, 2.75) is 32.5 Å². The number of aromatic amines is 1. The summed E-state index contributed by atoms with van der Waals surface area (Å²) in [7, 11) is 0. The monoisotopic (exact) mass is 384 g/mol. The third kappa shape index (κ3) is 3.63. The first-order chi connectivity index (χ1) is 13.1. The van der Waals surface area contributed by atoms with Crippen molar-refractivity contribution in [1.82, 2.24) is 19.9 Å². The number of hydrogen-bond donors (Lipinski definition) is 1. The molecular formula is C19H20N4O3S. The summed E-state index contributed by atoms with van der Waals surface area (Å²) in [6.45, 7) is 3.49. The van der Waals surface area contributed by atoms with E-state index >= 15 is 0 Å². The number of nitrogens with one attached hydrogen (secondary N) is 1. The molecule has 0 saturated carbocycles. The molecular weight excluding hydrogens is 364 g/mol. The Labute approximate surface area is 160 Å². The normalized spacial score (nSPS) is 17.4. The molecule has 1 atom stereocenters. The van der Waals surface area contributed by atoms with Crippen LogP contribution in [0.15, 0.2) is 35.5 Å². The minimum Gasteiger partial charge on any atom is -0.370 e. The van der Waals surface area contributed by atoms with E-state index in [1.165, 1.54) is 17.7 Å². The number of thiophene rings is 1. The minimum atomic E-state index is -0.206. The summed E-state index contributed by atoms with van der Waals surface area (Å²) in [5, 5.41) is 0.505. The molecule has 0 bridgehead atoms. The Kier molecular flexibility index (Phi) is 5.00. The lowest BCUT2D eigenvalue weighted by molar-refractivity contribution is -0.00773. The number of H-pyrrole nitrogens is 1. The number of pyridine rings is 1. The third-order valence-corrected chi connectivity index (χ3v) is 5.97. The van der Waals surface area contributed by atoms with E-state index in [2.05, 4.69) is 15.0 Å². The van der Waals surface area contributed by atoms with Gasteiger partial charge in [-0.05, 0) is 37.5 Å². The van der Waals surface area contributed by atoms with Crippen LogP contribution in [0, 0.1) is 6.92 Å². The highest BCUT2D eigenvalue weighted by molar-refractivity contribution is 7.20. The molecule has 0 spiro atoms. The Balaban J connectivity index is 1.48. The van der Waals surface area contributed by atoms with Gasteiger partial charge in [-0.2, -0.15) is 0 Å². The topological polar surface area (TPSA) is 88.2 Å². The van der Waals surface area contributed by atoms with E-state index in [4.69, 9.17) is 4.74 Å². The zero-order valence-electron chi connectivity index (χ0n) is 15.0. The van der Waals surface area contributed by atoms with Crippen LogP contribution in [-0.4, -0.2) is 45.0 Å². The lowest BCUT2D eigenvalue weighted by Crippen LogP contribution is -2.43. The van der Waals surface area contributed by atoms with Gasteiger partial charge < -0.3 is 14.6 Å². The smallest absolute Gasteiger partial charge is 0.264 e. The maximum Gasteiger partial charge on any atom is 0.264 e. The van der Waals surface area contributed by atoms with Crippen molar-refractivity contribution in [3.63, 3.8) is 0 Å². The molecule has 0 aliphatic carbocycles. The van der Waals surface area contributed by atoms with Crippen LogP contribution < -0.4 is 5.56 Å². The van der Waals surface area contributed by atoms with Crippen molar-refractivity contribution in [3.05, 3.63) is 57.2 Å². The summed E-state index contributed by atoms with van der Waals surface area (Å²) in [6, 6.07) is 5.73. The van der Waals surface area contributed by atoms with Crippen LogP contribution in [0.2, 0.25) is 0 Å². The Morgan fingerprint density at radius 3 is 3.07 bits per heavy atom. The van der Waals surface area contributed by atoms with Crippen LogP contribution >= 0.6 is 11.3 Å². The van der Waals surface area contributed by atoms with Crippen LogP contribution in [0.25, 0.3) is 10.2 Å². The zero-order chi connectivity index (χ0) is 18.8. The summed E-state index contributed by atoms with van der Waals surface area (Å²) < 4.78 is 5.97. The van der Waals surface area contributed by atoms with Crippen LogP contribution in [-0.2, 0) is 11.3 Å². The van der Waals surface area contributed by atoms with Crippen molar-refractivity contribution in [3.8, 4) is 0 Å². The average molecular weight is 384 g/mol. The average Bonchev–Trinajstić information content (AvgIpc) is 3.05. The van der Waals surface area contributed by atoms with Crippen molar-refractivity contribution in [1.29, 1.82) is 0 Å². The Bertz CT molecular complexity index is 1010. The minimum absolute atomic E-state index is 0.0130. The lowest BCUT2D eigenvalue weighted by atomic mass is 10.1. The van der Waals surface area contributed by atoms with Gasteiger partial charge in [0.2, 0.25) is 0 Å². The molecule has 1 aliphatic rings. The molecule has 140 valence electrons. The van der Waals surface area contributed by atoms with Gasteiger partial charge in [0.1, 0.15) is 4.83 Å². The molecule has 0 radical (unpaired) electrons.